The van der Waals surface area contributed by atoms with Crippen LogP contribution in [0, 0.1) is 10.1 Å². The first-order valence-electron chi connectivity index (χ1n) is 7.63. The number of nitro benzene ring substituents is 1. The van der Waals surface area contributed by atoms with Crippen molar-refractivity contribution < 1.29 is 28.7 Å². The van der Waals surface area contributed by atoms with Crippen LogP contribution in [0.1, 0.15) is 0 Å². The summed E-state index contributed by atoms with van der Waals surface area (Å²) in [5.74, 6) is -0.544. The zero-order valence-electron chi connectivity index (χ0n) is 13.4. The fraction of sp³-hybridized carbons (Fsp3) is 0.176. The summed E-state index contributed by atoms with van der Waals surface area (Å²) in [6.45, 7) is -0.645. The number of nitrogens with one attached hydrogen (secondary N) is 1. The first-order valence-corrected chi connectivity index (χ1v) is 7.63. The van der Waals surface area contributed by atoms with Crippen LogP contribution in [0.15, 0.2) is 48.5 Å². The number of fused-ring (bicyclic) bond motifs is 1. The number of rotatable bonds is 5. The van der Waals surface area contributed by atoms with Crippen molar-refractivity contribution in [2.24, 2.45) is 0 Å². The van der Waals surface area contributed by atoms with E-state index < -0.39 is 29.5 Å². The lowest BCUT2D eigenvalue weighted by Gasteiger charge is -2.24. The van der Waals surface area contributed by atoms with Crippen molar-refractivity contribution >= 4 is 23.3 Å². The molecule has 0 aromatic heterocycles. The fourth-order valence-electron chi connectivity index (χ4n) is 2.29. The molecule has 0 bridgehead atoms. The molecule has 1 amide bonds. The molecule has 1 unspecified atom stereocenters. The Morgan fingerprint density at radius 3 is 2.62 bits per heavy atom. The normalized spacial score (nSPS) is 15.0. The van der Waals surface area contributed by atoms with Crippen molar-refractivity contribution in [3.8, 4) is 11.5 Å². The van der Waals surface area contributed by atoms with Gasteiger partial charge in [0, 0.05) is 6.07 Å². The van der Waals surface area contributed by atoms with Gasteiger partial charge in [-0.1, -0.05) is 24.3 Å². The Bertz CT molecular complexity index is 853. The van der Waals surface area contributed by atoms with Gasteiger partial charge in [-0.3, -0.25) is 14.9 Å². The highest BCUT2D eigenvalue weighted by Crippen LogP contribution is 2.31. The molecule has 1 heterocycles. The van der Waals surface area contributed by atoms with Gasteiger partial charge in [0.25, 0.3) is 11.6 Å². The summed E-state index contributed by atoms with van der Waals surface area (Å²) in [4.78, 5) is 34.2. The smallest absolute Gasteiger partial charge is 0.351 e. The van der Waals surface area contributed by atoms with Gasteiger partial charge in [-0.2, -0.15) is 0 Å². The van der Waals surface area contributed by atoms with Crippen LogP contribution in [0.5, 0.6) is 11.5 Å². The number of benzene rings is 2. The van der Waals surface area contributed by atoms with Crippen LogP contribution < -0.4 is 14.8 Å². The molecular formula is C17H14N2O7. The average Bonchev–Trinajstić information content (AvgIpc) is 2.66. The molecule has 26 heavy (non-hydrogen) atoms. The maximum Gasteiger partial charge on any atom is 0.351 e. The summed E-state index contributed by atoms with van der Waals surface area (Å²) in [5.41, 5.74) is -0.238. The van der Waals surface area contributed by atoms with E-state index in [-0.39, 0.29) is 18.0 Å². The molecule has 0 saturated carbocycles. The van der Waals surface area contributed by atoms with Crippen molar-refractivity contribution in [1.29, 1.82) is 0 Å². The van der Waals surface area contributed by atoms with Crippen LogP contribution in [0.3, 0.4) is 0 Å². The minimum atomic E-state index is -0.997. The molecule has 2 aromatic rings. The zero-order valence-corrected chi connectivity index (χ0v) is 13.4. The number of amides is 1. The van der Waals surface area contributed by atoms with Gasteiger partial charge in [0.1, 0.15) is 12.3 Å². The highest BCUT2D eigenvalue weighted by molar-refractivity contribution is 5.95. The van der Waals surface area contributed by atoms with Gasteiger partial charge < -0.3 is 19.5 Å². The standard InChI is InChI=1S/C17H14N2O7/c20-16(18-11-5-1-2-6-12(11)19(22)23)10-25-17(21)15-9-24-13-7-3-4-8-14(13)26-15/h1-8,15H,9-10H2,(H,18,20). The molecule has 134 valence electrons. The average molecular weight is 358 g/mol. The number of hydrogen-bond donors (Lipinski definition) is 1. The van der Waals surface area contributed by atoms with Crippen LogP contribution in [0.2, 0.25) is 0 Å². The van der Waals surface area contributed by atoms with Crippen molar-refractivity contribution in [2.45, 2.75) is 6.10 Å². The molecule has 0 aliphatic carbocycles. The molecule has 3 rings (SSSR count). The number of nitrogens with zero attached hydrogens (tertiary/aromatic N) is 1. The molecule has 9 heteroatoms. The second-order valence-electron chi connectivity index (χ2n) is 5.29. The van der Waals surface area contributed by atoms with Crippen LogP contribution in [-0.2, 0) is 14.3 Å². The van der Waals surface area contributed by atoms with Crippen LogP contribution >= 0.6 is 0 Å². The molecule has 1 N–H and O–H groups in total. The third-order valence-electron chi connectivity index (χ3n) is 3.49. The van der Waals surface area contributed by atoms with Crippen molar-refractivity contribution in [3.05, 3.63) is 58.6 Å². The maximum absolute atomic E-state index is 12.0. The van der Waals surface area contributed by atoms with Crippen molar-refractivity contribution in [2.75, 3.05) is 18.5 Å². The van der Waals surface area contributed by atoms with Crippen molar-refractivity contribution in [1.82, 2.24) is 0 Å². The van der Waals surface area contributed by atoms with E-state index in [1.807, 2.05) is 0 Å². The lowest BCUT2D eigenvalue weighted by molar-refractivity contribution is -0.383. The lowest BCUT2D eigenvalue weighted by Crippen LogP contribution is -2.39. The van der Waals surface area contributed by atoms with E-state index in [1.54, 1.807) is 30.3 Å². The second-order valence-corrected chi connectivity index (χ2v) is 5.29. The number of carbonyl (C=O) groups is 2. The van der Waals surface area contributed by atoms with E-state index in [9.17, 15) is 19.7 Å². The van der Waals surface area contributed by atoms with Gasteiger partial charge in [-0.25, -0.2) is 4.79 Å². The Morgan fingerprint density at radius 2 is 1.85 bits per heavy atom. The van der Waals surface area contributed by atoms with E-state index in [4.69, 9.17) is 14.2 Å². The number of esters is 1. The Balaban J connectivity index is 1.54. The molecule has 0 saturated heterocycles. The first kappa shape index (κ1) is 17.2. The fourth-order valence-corrected chi connectivity index (χ4v) is 2.29. The molecule has 1 atom stereocenters. The van der Waals surface area contributed by atoms with E-state index in [2.05, 4.69) is 5.32 Å². The Kier molecular flexibility index (Phi) is 4.97. The zero-order chi connectivity index (χ0) is 18.5. The first-order chi connectivity index (χ1) is 12.5. The number of para-hydroxylation sites is 4. The molecule has 0 radical (unpaired) electrons. The minimum Gasteiger partial charge on any atom is -0.485 e. The van der Waals surface area contributed by atoms with E-state index in [0.717, 1.165) is 0 Å². The summed E-state index contributed by atoms with van der Waals surface area (Å²) >= 11 is 0. The molecule has 1 aliphatic rings. The second kappa shape index (κ2) is 7.51. The van der Waals surface area contributed by atoms with Crippen LogP contribution in [0.25, 0.3) is 0 Å². The summed E-state index contributed by atoms with van der Waals surface area (Å²) in [5, 5.41) is 13.3. The quantitative estimate of drug-likeness (QED) is 0.493. The van der Waals surface area contributed by atoms with Gasteiger partial charge in [-0.15, -0.1) is 0 Å². The van der Waals surface area contributed by atoms with Crippen LogP contribution in [0.4, 0.5) is 11.4 Å². The Hall–Kier alpha value is -3.62. The summed E-state index contributed by atoms with van der Waals surface area (Å²) in [6.07, 6.45) is -0.997. The topological polar surface area (TPSA) is 117 Å². The predicted molar refractivity (Wildman–Crippen MR) is 89.0 cm³/mol. The monoisotopic (exact) mass is 358 g/mol. The lowest BCUT2D eigenvalue weighted by atomic mass is 10.2. The van der Waals surface area contributed by atoms with Gasteiger partial charge in [-0.05, 0) is 18.2 Å². The summed E-state index contributed by atoms with van der Waals surface area (Å²) in [6, 6.07) is 12.5. The minimum absolute atomic E-state index is 0.0183. The number of anilines is 1. The number of hydrogen-bond acceptors (Lipinski definition) is 7. The third-order valence-corrected chi connectivity index (χ3v) is 3.49. The summed E-state index contributed by atoms with van der Waals surface area (Å²) < 4.78 is 15.8. The SMILES string of the molecule is O=C(COC(=O)C1COc2ccccc2O1)Nc1ccccc1[N+](=O)[O-]. The third kappa shape index (κ3) is 3.89. The Morgan fingerprint density at radius 1 is 1.15 bits per heavy atom. The van der Waals surface area contributed by atoms with Crippen molar-refractivity contribution in [3.63, 3.8) is 0 Å². The highest BCUT2D eigenvalue weighted by atomic mass is 16.6. The van der Waals surface area contributed by atoms with Crippen LogP contribution in [-0.4, -0.2) is 36.1 Å². The number of ether oxygens (including phenoxy) is 3. The maximum atomic E-state index is 12.0. The largest absolute Gasteiger partial charge is 0.485 e. The van der Waals surface area contributed by atoms with Gasteiger partial charge in [0.15, 0.2) is 18.1 Å². The molecule has 0 spiro atoms. The van der Waals surface area contributed by atoms with E-state index in [0.29, 0.717) is 11.5 Å². The number of nitro groups is 1. The number of carbonyl (C=O) groups excluding carboxylic acids is 2. The van der Waals surface area contributed by atoms with Gasteiger partial charge in [0.05, 0.1) is 4.92 Å². The molecule has 2 aromatic carbocycles. The summed E-state index contributed by atoms with van der Waals surface area (Å²) in [7, 11) is 0. The van der Waals surface area contributed by atoms with Gasteiger partial charge in [0.2, 0.25) is 6.10 Å². The Labute approximate surface area is 147 Å². The van der Waals surface area contributed by atoms with Gasteiger partial charge >= 0.3 is 5.97 Å². The molecule has 9 nitrogen and oxygen atoms in total. The highest BCUT2D eigenvalue weighted by Gasteiger charge is 2.29. The van der Waals surface area contributed by atoms with E-state index >= 15 is 0 Å². The molecular weight excluding hydrogens is 344 g/mol. The molecule has 1 aliphatic heterocycles. The predicted octanol–water partition coefficient (Wildman–Crippen LogP) is 1.92. The van der Waals surface area contributed by atoms with E-state index in [1.165, 1.54) is 18.2 Å². The molecule has 0 fully saturated rings.